The second-order valence-electron chi connectivity index (χ2n) is 6.04. The molecule has 0 unspecified atom stereocenters. The summed E-state index contributed by atoms with van der Waals surface area (Å²) in [6, 6.07) is 21.7. The molecule has 4 rings (SSSR count). The van der Waals surface area contributed by atoms with E-state index in [1.54, 1.807) is 0 Å². The zero-order valence-corrected chi connectivity index (χ0v) is 16.3. The molecule has 0 aliphatic heterocycles. The molecule has 128 valence electrons. The first kappa shape index (κ1) is 17.6. The lowest BCUT2D eigenvalue weighted by Gasteiger charge is -2.12. The minimum absolute atomic E-state index is 0.683. The molecular formula is C23H25NS. The van der Waals surface area contributed by atoms with Crippen molar-refractivity contribution in [2.75, 3.05) is 0 Å². The molecule has 0 amide bonds. The lowest BCUT2D eigenvalue weighted by molar-refractivity contribution is 0.986. The molecule has 0 aliphatic carbocycles. The fourth-order valence-electron chi connectivity index (χ4n) is 3.64. The van der Waals surface area contributed by atoms with Crippen molar-refractivity contribution >= 4 is 34.4 Å². The van der Waals surface area contributed by atoms with Crippen LogP contribution in [0.15, 0.2) is 60.7 Å². The van der Waals surface area contributed by atoms with Crippen molar-refractivity contribution < 1.29 is 0 Å². The summed E-state index contributed by atoms with van der Waals surface area (Å²) in [5.41, 5.74) is 7.79. The van der Waals surface area contributed by atoms with Gasteiger partial charge >= 0.3 is 0 Å². The monoisotopic (exact) mass is 347 g/mol. The Balaban J connectivity index is 0.000000880. The number of hydrogen-bond acceptors (Lipinski definition) is 1. The van der Waals surface area contributed by atoms with Gasteiger partial charge in [-0.05, 0) is 42.2 Å². The first-order valence-electron chi connectivity index (χ1n) is 8.90. The highest BCUT2D eigenvalue weighted by Crippen LogP contribution is 2.36. The topological polar surface area (TPSA) is 4.93 Å². The first-order valence-corrected chi connectivity index (χ1v) is 9.53. The van der Waals surface area contributed by atoms with Crippen molar-refractivity contribution in [2.45, 2.75) is 33.6 Å². The maximum Gasteiger partial charge on any atom is 0.0659 e. The Bertz CT molecular complexity index is 1030. The molecule has 1 aromatic heterocycles. The van der Waals surface area contributed by atoms with Crippen molar-refractivity contribution in [3.63, 3.8) is 0 Å². The lowest BCUT2D eigenvalue weighted by Crippen LogP contribution is -1.95. The van der Waals surface area contributed by atoms with Crippen molar-refractivity contribution in [1.82, 2.24) is 4.57 Å². The van der Waals surface area contributed by atoms with Gasteiger partial charge in [0, 0.05) is 16.3 Å². The van der Waals surface area contributed by atoms with Crippen LogP contribution < -0.4 is 0 Å². The second kappa shape index (κ2) is 7.37. The Kier molecular flexibility index (Phi) is 5.19. The number of benzene rings is 3. The van der Waals surface area contributed by atoms with Crippen LogP contribution in [0.4, 0.5) is 0 Å². The van der Waals surface area contributed by atoms with Crippen LogP contribution in [-0.4, -0.2) is 4.57 Å². The van der Waals surface area contributed by atoms with Crippen LogP contribution in [0.2, 0.25) is 0 Å². The summed E-state index contributed by atoms with van der Waals surface area (Å²) in [4.78, 5) is 0. The Morgan fingerprint density at radius 1 is 0.760 bits per heavy atom. The van der Waals surface area contributed by atoms with Gasteiger partial charge in [0.1, 0.15) is 0 Å². The van der Waals surface area contributed by atoms with Gasteiger partial charge in [0.05, 0.1) is 11.4 Å². The molecule has 1 heterocycles. The van der Waals surface area contributed by atoms with Crippen LogP contribution in [0.25, 0.3) is 32.9 Å². The maximum absolute atomic E-state index is 4.58. The third-order valence-corrected chi connectivity index (χ3v) is 5.05. The van der Waals surface area contributed by atoms with E-state index >= 15 is 0 Å². The highest BCUT2D eigenvalue weighted by molar-refractivity contribution is 7.79. The van der Waals surface area contributed by atoms with Crippen molar-refractivity contribution in [3.8, 4) is 11.1 Å². The Labute approximate surface area is 155 Å². The van der Waals surface area contributed by atoms with Gasteiger partial charge in [-0.2, -0.15) is 12.6 Å². The molecule has 25 heavy (non-hydrogen) atoms. The Morgan fingerprint density at radius 3 is 2.16 bits per heavy atom. The smallest absolute Gasteiger partial charge is 0.0659 e. The average molecular weight is 348 g/mol. The summed E-state index contributed by atoms with van der Waals surface area (Å²) >= 11 is 4.58. The molecule has 4 aromatic rings. The molecule has 0 atom stereocenters. The first-order chi connectivity index (χ1) is 12.2. The molecule has 0 spiro atoms. The van der Waals surface area contributed by atoms with Gasteiger partial charge in [0.15, 0.2) is 0 Å². The molecule has 0 radical (unpaired) electrons. The van der Waals surface area contributed by atoms with Crippen LogP contribution in [0.1, 0.15) is 25.0 Å². The average Bonchev–Trinajstić information content (AvgIpc) is 2.99. The summed E-state index contributed by atoms with van der Waals surface area (Å²) in [5.74, 6) is 0.683. The van der Waals surface area contributed by atoms with Crippen LogP contribution >= 0.6 is 12.6 Å². The Hall–Kier alpha value is -2.19. The highest BCUT2D eigenvalue weighted by Gasteiger charge is 2.15. The van der Waals surface area contributed by atoms with E-state index in [0.29, 0.717) is 5.88 Å². The number of aryl methyl sites for hydroxylation is 2. The number of hydrogen-bond donors (Lipinski definition) is 1. The predicted octanol–water partition coefficient (Wildman–Crippen LogP) is 6.99. The predicted molar refractivity (Wildman–Crippen MR) is 115 cm³/mol. The van der Waals surface area contributed by atoms with Crippen molar-refractivity contribution in [3.05, 3.63) is 71.8 Å². The third-order valence-electron chi connectivity index (χ3n) is 4.76. The van der Waals surface area contributed by atoms with Gasteiger partial charge in [0.25, 0.3) is 0 Å². The third kappa shape index (κ3) is 2.85. The molecule has 3 aromatic carbocycles. The molecule has 0 saturated heterocycles. The van der Waals surface area contributed by atoms with Crippen LogP contribution in [0.3, 0.4) is 0 Å². The fourth-order valence-corrected chi connectivity index (χ4v) is 3.93. The molecule has 2 heteroatoms. The number of aromatic nitrogens is 1. The summed E-state index contributed by atoms with van der Waals surface area (Å²) in [5, 5.41) is 2.61. The normalized spacial score (nSPS) is 10.8. The van der Waals surface area contributed by atoms with E-state index in [1.165, 1.54) is 44.1 Å². The highest BCUT2D eigenvalue weighted by atomic mass is 32.1. The van der Waals surface area contributed by atoms with Crippen LogP contribution in [0, 0.1) is 13.8 Å². The maximum atomic E-state index is 4.58. The SMILES string of the molecule is CC.Cc1ccccc1-c1ccc2c3ccccc3n(CS)c2c1C. The molecule has 1 nitrogen and oxygen atoms in total. The molecule has 0 fully saturated rings. The van der Waals surface area contributed by atoms with E-state index in [1.807, 2.05) is 13.8 Å². The van der Waals surface area contributed by atoms with Gasteiger partial charge in [-0.25, -0.2) is 0 Å². The van der Waals surface area contributed by atoms with E-state index in [4.69, 9.17) is 0 Å². The van der Waals surface area contributed by atoms with E-state index in [9.17, 15) is 0 Å². The number of para-hydroxylation sites is 1. The minimum Gasteiger partial charge on any atom is -0.331 e. The second-order valence-corrected chi connectivity index (χ2v) is 6.32. The van der Waals surface area contributed by atoms with E-state index in [2.05, 4.69) is 91.7 Å². The molecule has 0 N–H and O–H groups in total. The number of fused-ring (bicyclic) bond motifs is 3. The van der Waals surface area contributed by atoms with E-state index in [-0.39, 0.29) is 0 Å². The van der Waals surface area contributed by atoms with Gasteiger partial charge in [-0.1, -0.05) is 68.4 Å². The van der Waals surface area contributed by atoms with Crippen molar-refractivity contribution in [1.29, 1.82) is 0 Å². The van der Waals surface area contributed by atoms with Gasteiger partial charge in [0.2, 0.25) is 0 Å². The van der Waals surface area contributed by atoms with Crippen LogP contribution in [-0.2, 0) is 5.88 Å². The molecule has 0 saturated carbocycles. The lowest BCUT2D eigenvalue weighted by atomic mass is 9.95. The number of nitrogens with zero attached hydrogens (tertiary/aromatic N) is 1. The quantitative estimate of drug-likeness (QED) is 0.373. The molecular weight excluding hydrogens is 322 g/mol. The summed E-state index contributed by atoms with van der Waals surface area (Å²) in [6.07, 6.45) is 0. The van der Waals surface area contributed by atoms with Gasteiger partial charge in [-0.15, -0.1) is 0 Å². The van der Waals surface area contributed by atoms with Crippen LogP contribution in [0.5, 0.6) is 0 Å². The summed E-state index contributed by atoms with van der Waals surface area (Å²) in [6.45, 7) is 8.40. The zero-order chi connectivity index (χ0) is 18.0. The summed E-state index contributed by atoms with van der Waals surface area (Å²) < 4.78 is 2.31. The number of rotatable bonds is 2. The number of thiol groups is 1. The minimum atomic E-state index is 0.683. The largest absolute Gasteiger partial charge is 0.331 e. The Morgan fingerprint density at radius 2 is 1.44 bits per heavy atom. The zero-order valence-electron chi connectivity index (χ0n) is 15.4. The van der Waals surface area contributed by atoms with Gasteiger partial charge in [-0.3, -0.25) is 0 Å². The molecule has 0 aliphatic rings. The van der Waals surface area contributed by atoms with Gasteiger partial charge < -0.3 is 4.57 Å². The standard InChI is InChI=1S/C21H19NS.C2H6/c1-14-7-3-4-8-16(14)17-11-12-19-18-9-5-6-10-20(18)22(13-23)21(19)15(17)2;1-2/h3-12,23H,13H2,1-2H3;1-2H3. The fraction of sp³-hybridized carbons (Fsp3) is 0.217. The summed E-state index contributed by atoms with van der Waals surface area (Å²) in [7, 11) is 0. The van der Waals surface area contributed by atoms with E-state index < -0.39 is 0 Å². The van der Waals surface area contributed by atoms with E-state index in [0.717, 1.165) is 0 Å². The molecule has 0 bridgehead atoms. The van der Waals surface area contributed by atoms with Crippen molar-refractivity contribution in [2.24, 2.45) is 0 Å².